The van der Waals surface area contributed by atoms with Crippen LogP contribution in [0, 0.1) is 17.2 Å². The maximum atomic E-state index is 13.3. The Morgan fingerprint density at radius 2 is 2.00 bits per heavy atom. The van der Waals surface area contributed by atoms with Gasteiger partial charge in [0.2, 0.25) is 5.91 Å². The number of fused-ring (bicyclic) bond motifs is 2. The van der Waals surface area contributed by atoms with Gasteiger partial charge in [-0.2, -0.15) is 5.26 Å². The lowest BCUT2D eigenvalue weighted by atomic mass is 9.97. The second-order valence-electron chi connectivity index (χ2n) is 10.9. The zero-order valence-corrected chi connectivity index (χ0v) is 21.7. The van der Waals surface area contributed by atoms with Crippen molar-refractivity contribution in [2.24, 2.45) is 5.92 Å². The van der Waals surface area contributed by atoms with E-state index in [0.717, 1.165) is 41.8 Å². The van der Waals surface area contributed by atoms with Crippen LogP contribution in [0.2, 0.25) is 0 Å². The Morgan fingerprint density at radius 1 is 1.21 bits per heavy atom. The van der Waals surface area contributed by atoms with Gasteiger partial charge in [0.1, 0.15) is 23.4 Å². The number of likely N-dealkylation sites (tertiary alicyclic amines) is 1. The summed E-state index contributed by atoms with van der Waals surface area (Å²) in [5.74, 6) is -0.206. The molecule has 1 aliphatic heterocycles. The zero-order chi connectivity index (χ0) is 26.9. The van der Waals surface area contributed by atoms with Crippen LogP contribution < -0.4 is 5.32 Å². The molecule has 5 rings (SSSR count). The number of nitrogens with zero attached hydrogens (tertiary/aromatic N) is 6. The van der Waals surface area contributed by atoms with Crippen LogP contribution in [0.3, 0.4) is 0 Å². The Balaban J connectivity index is 1.23. The molecule has 1 aromatic carbocycles. The molecule has 0 spiro atoms. The van der Waals surface area contributed by atoms with Crippen LogP contribution in [0.5, 0.6) is 0 Å². The Kier molecular flexibility index (Phi) is 6.85. The molecule has 1 N–H and O–H groups in total. The Labute approximate surface area is 221 Å². The highest BCUT2D eigenvalue weighted by Gasteiger charge is 2.52. The topological polar surface area (TPSA) is 126 Å². The molecule has 2 amide bonds. The van der Waals surface area contributed by atoms with Crippen molar-refractivity contribution >= 4 is 12.0 Å². The summed E-state index contributed by atoms with van der Waals surface area (Å²) in [4.78, 5) is 31.9. The number of aromatic nitrogens is 4. The van der Waals surface area contributed by atoms with Gasteiger partial charge >= 0.3 is 6.09 Å². The summed E-state index contributed by atoms with van der Waals surface area (Å²) in [6.07, 6.45) is 7.71. The zero-order valence-electron chi connectivity index (χ0n) is 21.7. The highest BCUT2D eigenvalue weighted by molar-refractivity contribution is 5.87. The van der Waals surface area contributed by atoms with E-state index < -0.39 is 23.8 Å². The van der Waals surface area contributed by atoms with Gasteiger partial charge in [-0.25, -0.2) is 9.48 Å². The quantitative estimate of drug-likeness (QED) is 0.533. The molecule has 0 radical (unpaired) electrons. The average Bonchev–Trinajstić information content (AvgIpc) is 3.65. The van der Waals surface area contributed by atoms with E-state index in [2.05, 4.69) is 26.7 Å². The lowest BCUT2D eigenvalue weighted by molar-refractivity contribution is -0.128. The predicted molar refractivity (Wildman–Crippen MR) is 139 cm³/mol. The summed E-state index contributed by atoms with van der Waals surface area (Å²) < 4.78 is 7.26. The SMILES string of the molecule is CC(C)(C)OC(=O)N1C2CCC(C2)C1C(=O)NC(C#N)Cc1ccc(-n2cc(-c3cccnc3)nn2)cc1. The minimum Gasteiger partial charge on any atom is -0.444 e. The number of nitriles is 1. The second-order valence-corrected chi connectivity index (χ2v) is 10.9. The van der Waals surface area contributed by atoms with Gasteiger partial charge < -0.3 is 10.1 Å². The number of carbonyl (C=O) groups is 2. The van der Waals surface area contributed by atoms with Gasteiger partial charge in [0.15, 0.2) is 0 Å². The van der Waals surface area contributed by atoms with E-state index in [9.17, 15) is 14.9 Å². The first kappa shape index (κ1) is 25.4. The minimum atomic E-state index is -0.725. The third-order valence-electron chi connectivity index (χ3n) is 7.02. The lowest BCUT2D eigenvalue weighted by Gasteiger charge is -2.35. The largest absolute Gasteiger partial charge is 0.444 e. The Bertz CT molecular complexity index is 1340. The molecule has 10 heteroatoms. The molecule has 4 atom stereocenters. The van der Waals surface area contributed by atoms with E-state index in [1.54, 1.807) is 22.0 Å². The summed E-state index contributed by atoms with van der Waals surface area (Å²) in [6, 6.07) is 12.2. The number of rotatable bonds is 6. The molecule has 2 aliphatic rings. The van der Waals surface area contributed by atoms with Crippen LogP contribution in [0.15, 0.2) is 55.0 Å². The lowest BCUT2D eigenvalue weighted by Crippen LogP contribution is -2.55. The molecule has 10 nitrogen and oxygen atoms in total. The van der Waals surface area contributed by atoms with Gasteiger partial charge in [-0.3, -0.25) is 14.7 Å². The third kappa shape index (κ3) is 5.37. The van der Waals surface area contributed by atoms with Crippen molar-refractivity contribution in [1.82, 2.24) is 30.2 Å². The minimum absolute atomic E-state index is 0.00846. The van der Waals surface area contributed by atoms with Gasteiger partial charge in [0.25, 0.3) is 0 Å². The molecule has 38 heavy (non-hydrogen) atoms. The molecule has 3 heterocycles. The van der Waals surface area contributed by atoms with E-state index in [1.807, 2.05) is 63.4 Å². The molecule has 196 valence electrons. The number of ether oxygens (including phenoxy) is 1. The molecule has 2 fully saturated rings. The predicted octanol–water partition coefficient (Wildman–Crippen LogP) is 3.67. The summed E-state index contributed by atoms with van der Waals surface area (Å²) in [7, 11) is 0. The number of hydrogen-bond acceptors (Lipinski definition) is 7. The summed E-state index contributed by atoms with van der Waals surface area (Å²) >= 11 is 0. The van der Waals surface area contributed by atoms with Gasteiger partial charge in [0, 0.05) is 30.4 Å². The van der Waals surface area contributed by atoms with Crippen LogP contribution in [0.1, 0.15) is 45.6 Å². The number of pyridine rings is 1. The van der Waals surface area contributed by atoms with Crippen molar-refractivity contribution in [1.29, 1.82) is 5.26 Å². The van der Waals surface area contributed by atoms with Crippen LogP contribution in [-0.2, 0) is 16.0 Å². The van der Waals surface area contributed by atoms with E-state index in [4.69, 9.17) is 4.74 Å². The van der Waals surface area contributed by atoms with Crippen molar-refractivity contribution in [3.8, 4) is 23.0 Å². The molecular weight excluding hydrogens is 482 g/mol. The first-order valence-electron chi connectivity index (χ1n) is 12.9. The number of piperidine rings is 1. The van der Waals surface area contributed by atoms with Crippen LogP contribution in [-0.4, -0.2) is 60.6 Å². The van der Waals surface area contributed by atoms with Gasteiger partial charge in [-0.15, -0.1) is 5.10 Å². The standard InChI is InChI=1S/C28H31N7O3/c1-28(2,3)38-27(37)35-23-11-8-19(14-23)25(35)26(36)31-21(15-29)13-18-6-9-22(10-7-18)34-17-24(32-33-34)20-5-4-12-30-16-20/h4-7,9-10,12,16-17,19,21,23,25H,8,11,13-14H2,1-3H3,(H,31,36). The number of nitrogens with one attached hydrogen (secondary N) is 1. The first-order valence-corrected chi connectivity index (χ1v) is 12.9. The molecule has 2 bridgehead atoms. The van der Waals surface area contributed by atoms with E-state index >= 15 is 0 Å². The molecule has 2 aromatic heterocycles. The Hall–Kier alpha value is -4.26. The van der Waals surface area contributed by atoms with E-state index in [0.29, 0.717) is 6.42 Å². The third-order valence-corrected chi connectivity index (χ3v) is 7.02. The molecule has 1 aliphatic carbocycles. The van der Waals surface area contributed by atoms with Crippen molar-refractivity contribution < 1.29 is 14.3 Å². The molecular formula is C28H31N7O3. The summed E-state index contributed by atoms with van der Waals surface area (Å²) in [6.45, 7) is 5.44. The maximum Gasteiger partial charge on any atom is 0.411 e. The fourth-order valence-electron chi connectivity index (χ4n) is 5.35. The molecule has 4 unspecified atom stereocenters. The Morgan fingerprint density at radius 3 is 2.68 bits per heavy atom. The van der Waals surface area contributed by atoms with Crippen molar-refractivity contribution in [3.63, 3.8) is 0 Å². The fourth-order valence-corrected chi connectivity index (χ4v) is 5.35. The number of carbonyl (C=O) groups excluding carboxylic acids is 2. The summed E-state index contributed by atoms with van der Waals surface area (Å²) in [5, 5.41) is 21.1. The van der Waals surface area contributed by atoms with Gasteiger partial charge in [-0.05, 0) is 75.8 Å². The monoisotopic (exact) mass is 513 g/mol. The fraction of sp³-hybridized carbons (Fsp3) is 0.429. The van der Waals surface area contributed by atoms with Gasteiger partial charge in [0.05, 0.1) is 18.0 Å². The maximum absolute atomic E-state index is 13.3. The van der Waals surface area contributed by atoms with Gasteiger partial charge in [-0.1, -0.05) is 17.3 Å². The van der Waals surface area contributed by atoms with Crippen LogP contribution >= 0.6 is 0 Å². The second kappa shape index (κ2) is 10.2. The average molecular weight is 514 g/mol. The normalized spacial score (nSPS) is 21.1. The van der Waals surface area contributed by atoms with Crippen LogP contribution in [0.25, 0.3) is 16.9 Å². The van der Waals surface area contributed by atoms with Crippen molar-refractivity contribution in [3.05, 3.63) is 60.6 Å². The number of amides is 2. The highest BCUT2D eigenvalue weighted by Crippen LogP contribution is 2.43. The molecule has 1 saturated carbocycles. The highest BCUT2D eigenvalue weighted by atomic mass is 16.6. The van der Waals surface area contributed by atoms with Crippen molar-refractivity contribution in [2.75, 3.05) is 0 Å². The molecule has 3 aromatic rings. The summed E-state index contributed by atoms with van der Waals surface area (Å²) in [5.41, 5.74) is 2.67. The van der Waals surface area contributed by atoms with E-state index in [-0.39, 0.29) is 17.9 Å². The number of benzene rings is 1. The first-order chi connectivity index (χ1) is 18.2. The van der Waals surface area contributed by atoms with Crippen molar-refractivity contribution in [2.45, 2.75) is 70.2 Å². The molecule has 1 saturated heterocycles. The van der Waals surface area contributed by atoms with Crippen LogP contribution in [0.4, 0.5) is 4.79 Å². The smallest absolute Gasteiger partial charge is 0.411 e. The number of hydrogen-bond donors (Lipinski definition) is 1. The van der Waals surface area contributed by atoms with E-state index in [1.165, 1.54) is 0 Å².